The van der Waals surface area contributed by atoms with Crippen LogP contribution < -0.4 is 5.63 Å². The van der Waals surface area contributed by atoms with Crippen LogP contribution in [0.1, 0.15) is 25.1 Å². The average Bonchev–Trinajstić information content (AvgIpc) is 2.79. The SMILES string of the molecule is CC1=NOC(=O)/C1=C\C(C)=C/c1c(C)[nH]oc1=O. The molecule has 0 saturated heterocycles. The zero-order valence-corrected chi connectivity index (χ0v) is 10.2. The fourth-order valence-corrected chi connectivity index (χ4v) is 1.57. The van der Waals surface area contributed by atoms with Gasteiger partial charge in [0.25, 0.3) is 0 Å². The number of nitrogens with zero attached hydrogens (tertiary/aromatic N) is 1. The first-order valence-electron chi connectivity index (χ1n) is 5.33. The molecule has 0 atom stereocenters. The number of nitrogens with one attached hydrogen (secondary N) is 1. The highest BCUT2D eigenvalue weighted by Crippen LogP contribution is 2.15. The molecule has 0 bridgehead atoms. The summed E-state index contributed by atoms with van der Waals surface area (Å²) in [6.45, 7) is 5.19. The molecule has 6 heteroatoms. The maximum atomic E-state index is 11.4. The summed E-state index contributed by atoms with van der Waals surface area (Å²) in [4.78, 5) is 27.2. The maximum absolute atomic E-state index is 11.4. The Morgan fingerprint density at radius 2 is 2.06 bits per heavy atom. The van der Waals surface area contributed by atoms with Crippen LogP contribution in [0, 0.1) is 6.92 Å². The van der Waals surface area contributed by atoms with Crippen molar-refractivity contribution >= 4 is 17.8 Å². The molecule has 18 heavy (non-hydrogen) atoms. The Morgan fingerprint density at radius 3 is 2.56 bits per heavy atom. The third-order valence-electron chi connectivity index (χ3n) is 2.54. The summed E-state index contributed by atoms with van der Waals surface area (Å²) < 4.78 is 4.65. The Morgan fingerprint density at radius 1 is 1.33 bits per heavy atom. The van der Waals surface area contributed by atoms with Gasteiger partial charge in [-0.1, -0.05) is 5.16 Å². The predicted octanol–water partition coefficient (Wildman–Crippen LogP) is 1.54. The number of aromatic nitrogens is 1. The van der Waals surface area contributed by atoms with Crippen molar-refractivity contribution in [2.75, 3.05) is 0 Å². The Labute approximate surface area is 103 Å². The van der Waals surface area contributed by atoms with Crippen LogP contribution in [-0.4, -0.2) is 16.8 Å². The third kappa shape index (κ3) is 2.17. The zero-order chi connectivity index (χ0) is 13.3. The molecule has 0 spiro atoms. The highest BCUT2D eigenvalue weighted by Gasteiger charge is 2.21. The Bertz CT molecular complexity index is 643. The molecule has 1 aliphatic heterocycles. The number of hydrogen-bond acceptors (Lipinski definition) is 5. The molecule has 1 aliphatic rings. The number of allylic oxidation sites excluding steroid dienone is 2. The summed E-state index contributed by atoms with van der Waals surface area (Å²) in [5.41, 5.74) is 2.27. The minimum atomic E-state index is -0.488. The summed E-state index contributed by atoms with van der Waals surface area (Å²) >= 11 is 0. The number of carbonyl (C=O) groups is 1. The Kier molecular flexibility index (Phi) is 3.01. The maximum Gasteiger partial charge on any atom is 0.367 e. The van der Waals surface area contributed by atoms with E-state index in [1.807, 2.05) is 0 Å². The Balaban J connectivity index is 2.36. The van der Waals surface area contributed by atoms with E-state index in [4.69, 9.17) is 0 Å². The van der Waals surface area contributed by atoms with Gasteiger partial charge in [0, 0.05) is 0 Å². The van der Waals surface area contributed by atoms with Gasteiger partial charge in [0.15, 0.2) is 0 Å². The monoisotopic (exact) mass is 248 g/mol. The van der Waals surface area contributed by atoms with Crippen molar-refractivity contribution in [3.8, 4) is 0 Å². The largest absolute Gasteiger partial charge is 0.367 e. The van der Waals surface area contributed by atoms with E-state index >= 15 is 0 Å². The molecule has 94 valence electrons. The number of aromatic amines is 1. The summed E-state index contributed by atoms with van der Waals surface area (Å²) in [5, 5.41) is 6.05. The van der Waals surface area contributed by atoms with E-state index < -0.39 is 11.6 Å². The summed E-state index contributed by atoms with van der Waals surface area (Å²) in [6.07, 6.45) is 3.27. The molecule has 2 heterocycles. The van der Waals surface area contributed by atoms with Crippen molar-refractivity contribution in [2.24, 2.45) is 5.16 Å². The van der Waals surface area contributed by atoms with Crippen molar-refractivity contribution < 1.29 is 14.2 Å². The van der Waals surface area contributed by atoms with Gasteiger partial charge in [-0.05, 0) is 38.5 Å². The van der Waals surface area contributed by atoms with E-state index in [1.165, 1.54) is 0 Å². The quantitative estimate of drug-likeness (QED) is 0.635. The number of H-pyrrole nitrogens is 1. The number of rotatable bonds is 2. The van der Waals surface area contributed by atoms with Gasteiger partial charge in [-0.2, -0.15) is 0 Å². The molecule has 0 aliphatic carbocycles. The second-order valence-corrected chi connectivity index (χ2v) is 4.03. The van der Waals surface area contributed by atoms with Crippen LogP contribution in [-0.2, 0) is 9.63 Å². The van der Waals surface area contributed by atoms with Crippen molar-refractivity contribution in [3.05, 3.63) is 38.9 Å². The predicted molar refractivity (Wildman–Crippen MR) is 65.0 cm³/mol. The van der Waals surface area contributed by atoms with Crippen LogP contribution in [0.15, 0.2) is 31.7 Å². The molecule has 2 rings (SSSR count). The Hall–Kier alpha value is -2.37. The highest BCUT2D eigenvalue weighted by atomic mass is 16.7. The van der Waals surface area contributed by atoms with Gasteiger partial charge in [0.1, 0.15) is 0 Å². The van der Waals surface area contributed by atoms with Crippen LogP contribution in [0.2, 0.25) is 0 Å². The zero-order valence-electron chi connectivity index (χ0n) is 10.2. The molecule has 0 amide bonds. The molecule has 6 nitrogen and oxygen atoms in total. The van der Waals surface area contributed by atoms with Gasteiger partial charge >= 0.3 is 11.6 Å². The normalized spacial score (nSPS) is 18.2. The van der Waals surface area contributed by atoms with Gasteiger partial charge in [0.2, 0.25) is 0 Å². The fraction of sp³-hybridized carbons (Fsp3) is 0.250. The molecule has 0 radical (unpaired) electrons. The minimum Gasteiger partial charge on any atom is -0.338 e. The second-order valence-electron chi connectivity index (χ2n) is 4.03. The summed E-state index contributed by atoms with van der Waals surface area (Å²) in [6, 6.07) is 0. The van der Waals surface area contributed by atoms with Crippen molar-refractivity contribution in [1.82, 2.24) is 5.16 Å². The number of aryl methyl sites for hydroxylation is 1. The lowest BCUT2D eigenvalue weighted by molar-refractivity contribution is -0.136. The lowest BCUT2D eigenvalue weighted by Crippen LogP contribution is -2.02. The molecule has 1 aromatic rings. The van der Waals surface area contributed by atoms with E-state index in [0.717, 1.165) is 5.57 Å². The first kappa shape index (κ1) is 12.1. The molecular weight excluding hydrogens is 236 g/mol. The molecule has 1 aromatic heterocycles. The van der Waals surface area contributed by atoms with Crippen LogP contribution in [0.4, 0.5) is 0 Å². The number of carbonyl (C=O) groups excluding carboxylic acids is 1. The van der Waals surface area contributed by atoms with Gasteiger partial charge < -0.3 is 9.36 Å². The van der Waals surface area contributed by atoms with Gasteiger partial charge in [-0.25, -0.2) is 14.7 Å². The summed E-state index contributed by atoms with van der Waals surface area (Å²) in [7, 11) is 0. The van der Waals surface area contributed by atoms with Gasteiger partial charge in [0.05, 0.1) is 22.5 Å². The first-order valence-corrected chi connectivity index (χ1v) is 5.33. The van der Waals surface area contributed by atoms with E-state index in [1.54, 1.807) is 32.9 Å². The highest BCUT2D eigenvalue weighted by molar-refractivity contribution is 6.21. The van der Waals surface area contributed by atoms with Crippen molar-refractivity contribution in [2.45, 2.75) is 20.8 Å². The van der Waals surface area contributed by atoms with E-state index in [0.29, 0.717) is 22.5 Å². The molecular formula is C12H12N2O4. The lowest BCUT2D eigenvalue weighted by Gasteiger charge is -1.95. The van der Waals surface area contributed by atoms with Crippen LogP contribution >= 0.6 is 0 Å². The van der Waals surface area contributed by atoms with Crippen LogP contribution in [0.25, 0.3) is 6.08 Å². The standard InChI is InChI=1S/C12H12N2O4/c1-6(4-9-7(2)13-17-11(9)15)5-10-8(3)14-18-12(10)16/h4-5,13H,1-3H3/b6-4-,10-5-. The van der Waals surface area contributed by atoms with Gasteiger partial charge in [-0.3, -0.25) is 0 Å². The van der Waals surface area contributed by atoms with Crippen LogP contribution in [0.3, 0.4) is 0 Å². The number of oxime groups is 1. The molecule has 0 saturated carbocycles. The average molecular weight is 248 g/mol. The van der Waals surface area contributed by atoms with E-state index in [-0.39, 0.29) is 0 Å². The molecule has 0 unspecified atom stereocenters. The summed E-state index contributed by atoms with van der Waals surface area (Å²) in [5.74, 6) is -0.488. The van der Waals surface area contributed by atoms with E-state index in [2.05, 4.69) is 19.7 Å². The first-order chi connectivity index (χ1) is 8.49. The van der Waals surface area contributed by atoms with E-state index in [9.17, 15) is 9.59 Å². The second kappa shape index (κ2) is 4.48. The third-order valence-corrected chi connectivity index (χ3v) is 2.54. The van der Waals surface area contributed by atoms with Gasteiger partial charge in [-0.15, -0.1) is 0 Å². The smallest absolute Gasteiger partial charge is 0.338 e. The lowest BCUT2D eigenvalue weighted by atomic mass is 10.1. The minimum absolute atomic E-state index is 0.390. The number of hydrogen-bond donors (Lipinski definition) is 1. The molecule has 0 fully saturated rings. The molecule has 1 N–H and O–H groups in total. The fourth-order valence-electron chi connectivity index (χ4n) is 1.57. The van der Waals surface area contributed by atoms with Crippen LogP contribution in [0.5, 0.6) is 0 Å². The molecule has 0 aromatic carbocycles. The van der Waals surface area contributed by atoms with Crippen molar-refractivity contribution in [1.29, 1.82) is 0 Å². The topological polar surface area (TPSA) is 84.7 Å². The van der Waals surface area contributed by atoms with Crippen molar-refractivity contribution in [3.63, 3.8) is 0 Å².